The topological polar surface area (TPSA) is 66.8 Å². The Morgan fingerprint density at radius 2 is 1.83 bits per heavy atom. The SMILES string of the molecule is CC(c1ccccc1Cl)C1CN(C2CCC(O)CC2)S(=O)(=O)c2c(F)cccc2O1. The van der Waals surface area contributed by atoms with E-state index in [1.54, 1.807) is 6.07 Å². The first-order valence-electron chi connectivity index (χ1n) is 10.2. The van der Waals surface area contributed by atoms with Crippen LogP contribution in [0.1, 0.15) is 44.1 Å². The second-order valence-corrected chi connectivity index (χ2v) is 10.3. The van der Waals surface area contributed by atoms with Crippen LogP contribution < -0.4 is 4.74 Å². The first-order chi connectivity index (χ1) is 14.3. The van der Waals surface area contributed by atoms with Gasteiger partial charge in [-0.05, 0) is 49.4 Å². The lowest BCUT2D eigenvalue weighted by molar-refractivity contribution is 0.0838. The van der Waals surface area contributed by atoms with Gasteiger partial charge in [-0.25, -0.2) is 12.8 Å². The maximum atomic E-state index is 14.7. The van der Waals surface area contributed by atoms with Crippen molar-refractivity contribution in [2.75, 3.05) is 6.54 Å². The summed E-state index contributed by atoms with van der Waals surface area (Å²) in [4.78, 5) is -0.412. The number of aliphatic hydroxyl groups excluding tert-OH is 1. The molecule has 4 rings (SSSR count). The summed E-state index contributed by atoms with van der Waals surface area (Å²) in [5.41, 5.74) is 0.848. The Morgan fingerprint density at radius 1 is 1.13 bits per heavy atom. The molecular weight excluding hydrogens is 429 g/mol. The van der Waals surface area contributed by atoms with E-state index in [0.717, 1.165) is 11.6 Å². The van der Waals surface area contributed by atoms with E-state index in [9.17, 15) is 17.9 Å². The van der Waals surface area contributed by atoms with E-state index in [1.165, 1.54) is 16.4 Å². The molecule has 1 aliphatic carbocycles. The Hall–Kier alpha value is -1.67. The van der Waals surface area contributed by atoms with Gasteiger partial charge in [0, 0.05) is 17.0 Å². The fraction of sp³-hybridized carbons (Fsp3) is 0.455. The minimum absolute atomic E-state index is 0.0252. The van der Waals surface area contributed by atoms with Crippen LogP contribution in [0, 0.1) is 5.82 Å². The van der Waals surface area contributed by atoms with Crippen molar-refractivity contribution in [2.24, 2.45) is 0 Å². The van der Waals surface area contributed by atoms with Gasteiger partial charge >= 0.3 is 0 Å². The van der Waals surface area contributed by atoms with Crippen molar-refractivity contribution < 1.29 is 22.7 Å². The first kappa shape index (κ1) is 21.6. The van der Waals surface area contributed by atoms with Gasteiger partial charge < -0.3 is 9.84 Å². The molecule has 0 bridgehead atoms. The van der Waals surface area contributed by atoms with E-state index < -0.39 is 32.9 Å². The zero-order valence-corrected chi connectivity index (χ0v) is 18.2. The molecule has 2 unspecified atom stereocenters. The fourth-order valence-corrected chi connectivity index (χ4v) is 6.60. The maximum Gasteiger partial charge on any atom is 0.250 e. The van der Waals surface area contributed by atoms with Crippen LogP contribution >= 0.6 is 11.6 Å². The molecule has 30 heavy (non-hydrogen) atoms. The largest absolute Gasteiger partial charge is 0.487 e. The van der Waals surface area contributed by atoms with Crippen molar-refractivity contribution >= 4 is 21.6 Å². The normalized spacial score (nSPS) is 27.5. The van der Waals surface area contributed by atoms with Crippen molar-refractivity contribution in [3.05, 3.63) is 58.9 Å². The van der Waals surface area contributed by atoms with E-state index in [4.69, 9.17) is 16.3 Å². The van der Waals surface area contributed by atoms with Gasteiger partial charge in [-0.3, -0.25) is 0 Å². The quantitative estimate of drug-likeness (QED) is 0.750. The predicted octanol–water partition coefficient (Wildman–Crippen LogP) is 4.34. The number of hydrogen-bond donors (Lipinski definition) is 1. The molecule has 8 heteroatoms. The summed E-state index contributed by atoms with van der Waals surface area (Å²) in [5, 5.41) is 10.4. The Morgan fingerprint density at radius 3 is 2.53 bits per heavy atom. The molecule has 1 fully saturated rings. The number of sulfonamides is 1. The van der Waals surface area contributed by atoms with Gasteiger partial charge in [0.2, 0.25) is 10.0 Å². The summed E-state index contributed by atoms with van der Waals surface area (Å²) in [6, 6.07) is 11.2. The molecule has 0 amide bonds. The minimum atomic E-state index is -4.11. The predicted molar refractivity (Wildman–Crippen MR) is 113 cm³/mol. The highest BCUT2D eigenvalue weighted by Crippen LogP contribution is 2.40. The van der Waals surface area contributed by atoms with Gasteiger partial charge in [0.1, 0.15) is 17.7 Å². The van der Waals surface area contributed by atoms with Gasteiger partial charge in [0.05, 0.1) is 12.6 Å². The Labute approximate surface area is 181 Å². The number of halogens is 2. The Kier molecular flexibility index (Phi) is 6.08. The summed E-state index contributed by atoms with van der Waals surface area (Å²) in [7, 11) is -4.11. The van der Waals surface area contributed by atoms with Crippen LogP contribution in [0.3, 0.4) is 0 Å². The first-order valence-corrected chi connectivity index (χ1v) is 12.0. The lowest BCUT2D eigenvalue weighted by atomic mass is 9.91. The molecular formula is C22H25ClFNO4S. The highest BCUT2D eigenvalue weighted by molar-refractivity contribution is 7.89. The van der Waals surface area contributed by atoms with Crippen molar-refractivity contribution in [3.8, 4) is 5.75 Å². The van der Waals surface area contributed by atoms with Gasteiger partial charge in [-0.2, -0.15) is 4.31 Å². The van der Waals surface area contributed by atoms with Crippen molar-refractivity contribution in [1.82, 2.24) is 4.31 Å². The molecule has 1 aliphatic heterocycles. The molecule has 2 aromatic carbocycles. The van der Waals surface area contributed by atoms with Crippen molar-refractivity contribution in [1.29, 1.82) is 0 Å². The Bertz CT molecular complexity index is 1020. The highest BCUT2D eigenvalue weighted by atomic mass is 35.5. The zero-order valence-electron chi connectivity index (χ0n) is 16.7. The molecule has 5 nitrogen and oxygen atoms in total. The van der Waals surface area contributed by atoms with Crippen molar-refractivity contribution in [3.63, 3.8) is 0 Å². The van der Waals surface area contributed by atoms with Gasteiger partial charge in [-0.15, -0.1) is 0 Å². The monoisotopic (exact) mass is 453 g/mol. The summed E-state index contributed by atoms with van der Waals surface area (Å²) in [6.07, 6.45) is 1.12. The van der Waals surface area contributed by atoms with E-state index >= 15 is 0 Å². The number of aliphatic hydroxyl groups is 1. The summed E-state index contributed by atoms with van der Waals surface area (Å²) < 4.78 is 49.2. The minimum Gasteiger partial charge on any atom is -0.487 e. The molecule has 0 radical (unpaired) electrons. The number of fused-ring (bicyclic) bond motifs is 1. The third kappa shape index (κ3) is 3.96. The van der Waals surface area contributed by atoms with Crippen LogP contribution in [0.4, 0.5) is 4.39 Å². The summed E-state index contributed by atoms with van der Waals surface area (Å²) >= 11 is 6.39. The van der Waals surface area contributed by atoms with E-state index in [0.29, 0.717) is 30.7 Å². The molecule has 1 saturated carbocycles. The van der Waals surface area contributed by atoms with Crippen LogP contribution in [0.15, 0.2) is 47.4 Å². The van der Waals surface area contributed by atoms with Crippen molar-refractivity contribution in [2.45, 2.75) is 61.7 Å². The number of hydrogen-bond acceptors (Lipinski definition) is 4. The van der Waals surface area contributed by atoms with Crippen LogP contribution in [-0.2, 0) is 10.0 Å². The van der Waals surface area contributed by atoms with E-state index in [-0.39, 0.29) is 24.3 Å². The average molecular weight is 454 g/mol. The number of benzene rings is 2. The molecule has 0 spiro atoms. The second kappa shape index (κ2) is 8.46. The third-order valence-electron chi connectivity index (χ3n) is 6.16. The highest BCUT2D eigenvalue weighted by Gasteiger charge is 2.43. The molecule has 0 aromatic heterocycles. The van der Waals surface area contributed by atoms with E-state index in [1.807, 2.05) is 25.1 Å². The molecule has 0 saturated heterocycles. The van der Waals surface area contributed by atoms with E-state index in [2.05, 4.69) is 0 Å². The lowest BCUT2D eigenvalue weighted by Crippen LogP contribution is -2.47. The molecule has 1 N–H and O–H groups in total. The average Bonchev–Trinajstić information content (AvgIpc) is 2.83. The van der Waals surface area contributed by atoms with Crippen LogP contribution in [0.5, 0.6) is 5.75 Å². The summed E-state index contributed by atoms with van der Waals surface area (Å²) in [6.45, 7) is 2.02. The number of rotatable bonds is 3. The third-order valence-corrected chi connectivity index (χ3v) is 8.48. The lowest BCUT2D eigenvalue weighted by Gasteiger charge is -2.36. The van der Waals surface area contributed by atoms with Crippen LogP contribution in [0.25, 0.3) is 0 Å². The fourth-order valence-electron chi connectivity index (χ4n) is 4.42. The van der Waals surface area contributed by atoms with Crippen LogP contribution in [-0.4, -0.2) is 42.6 Å². The smallest absolute Gasteiger partial charge is 0.250 e. The molecule has 2 atom stereocenters. The van der Waals surface area contributed by atoms with Crippen LogP contribution in [0.2, 0.25) is 5.02 Å². The van der Waals surface area contributed by atoms with Gasteiger partial charge in [0.15, 0.2) is 4.90 Å². The standard InChI is InChI=1S/C22H25ClFNO4S/c1-14(17-5-2-3-6-18(17)23)21-13-25(15-9-11-16(26)12-10-15)30(27,28)22-19(24)7-4-8-20(22)29-21/h2-8,14-16,21,26H,9-13H2,1H3. The summed E-state index contributed by atoms with van der Waals surface area (Å²) in [5.74, 6) is -1.02. The maximum absolute atomic E-state index is 14.7. The molecule has 2 aromatic rings. The number of ether oxygens (including phenoxy) is 1. The molecule has 1 heterocycles. The zero-order chi connectivity index (χ0) is 21.5. The van der Waals surface area contributed by atoms with Gasteiger partial charge in [0.25, 0.3) is 0 Å². The molecule has 162 valence electrons. The number of nitrogens with zero attached hydrogens (tertiary/aromatic N) is 1. The Balaban J connectivity index is 1.78. The molecule has 2 aliphatic rings. The second-order valence-electron chi connectivity index (χ2n) is 8.07. The van der Waals surface area contributed by atoms with Gasteiger partial charge in [-0.1, -0.05) is 42.8 Å².